The summed E-state index contributed by atoms with van der Waals surface area (Å²) in [5.41, 5.74) is 11.1. The molecule has 1 aliphatic rings. The standard InChI is InChI=1S/C13H16N2/c1-15-12-5-3-2-4-10(12)11-8-9(14)6-7-13(11)15/h6-8H,2-5,14H2,1H3. The van der Waals surface area contributed by atoms with Gasteiger partial charge in [-0.2, -0.15) is 0 Å². The summed E-state index contributed by atoms with van der Waals surface area (Å²) in [5.74, 6) is 0. The second kappa shape index (κ2) is 3.02. The van der Waals surface area contributed by atoms with E-state index in [0.717, 1.165) is 5.69 Å². The van der Waals surface area contributed by atoms with Crippen LogP contribution < -0.4 is 5.73 Å². The molecule has 2 heteroatoms. The predicted molar refractivity (Wildman–Crippen MR) is 64.0 cm³/mol. The Balaban J connectivity index is 2.39. The highest BCUT2D eigenvalue weighted by atomic mass is 15.0. The van der Waals surface area contributed by atoms with Crippen LogP contribution >= 0.6 is 0 Å². The highest BCUT2D eigenvalue weighted by molar-refractivity contribution is 5.88. The predicted octanol–water partition coefficient (Wildman–Crippen LogP) is 2.64. The first kappa shape index (κ1) is 8.84. The van der Waals surface area contributed by atoms with Gasteiger partial charge in [0.15, 0.2) is 0 Å². The summed E-state index contributed by atoms with van der Waals surface area (Å²) in [4.78, 5) is 0. The van der Waals surface area contributed by atoms with E-state index in [4.69, 9.17) is 5.73 Å². The van der Waals surface area contributed by atoms with E-state index in [0.29, 0.717) is 0 Å². The van der Waals surface area contributed by atoms with E-state index in [1.165, 1.54) is 47.8 Å². The molecule has 0 saturated carbocycles. The number of nitrogens with zero attached hydrogens (tertiary/aromatic N) is 1. The minimum atomic E-state index is 0.876. The molecule has 1 heterocycles. The van der Waals surface area contributed by atoms with Crippen LogP contribution in [0.1, 0.15) is 24.1 Å². The number of rotatable bonds is 0. The summed E-state index contributed by atoms with van der Waals surface area (Å²) in [5, 5.41) is 1.37. The first-order valence-electron chi connectivity index (χ1n) is 5.63. The molecule has 2 N–H and O–H groups in total. The van der Waals surface area contributed by atoms with Gasteiger partial charge in [0, 0.05) is 29.3 Å². The molecule has 0 aliphatic heterocycles. The summed E-state index contributed by atoms with van der Waals surface area (Å²) in [6.45, 7) is 0. The Morgan fingerprint density at radius 3 is 2.87 bits per heavy atom. The Kier molecular flexibility index (Phi) is 1.78. The lowest BCUT2D eigenvalue weighted by molar-refractivity contribution is 0.653. The number of hydrogen-bond acceptors (Lipinski definition) is 1. The van der Waals surface area contributed by atoms with Gasteiger partial charge < -0.3 is 10.3 Å². The van der Waals surface area contributed by atoms with Crippen LogP contribution in [0.3, 0.4) is 0 Å². The number of nitrogen functional groups attached to an aromatic ring is 1. The molecule has 0 unspecified atom stereocenters. The molecule has 1 aromatic carbocycles. The van der Waals surface area contributed by atoms with Crippen molar-refractivity contribution < 1.29 is 0 Å². The zero-order valence-electron chi connectivity index (χ0n) is 9.09. The van der Waals surface area contributed by atoms with Gasteiger partial charge in [-0.05, 0) is 49.4 Å². The minimum absolute atomic E-state index is 0.876. The number of hydrogen-bond donors (Lipinski definition) is 1. The maximum Gasteiger partial charge on any atom is 0.0484 e. The van der Waals surface area contributed by atoms with Gasteiger partial charge in [-0.1, -0.05) is 0 Å². The van der Waals surface area contributed by atoms with Crippen molar-refractivity contribution >= 4 is 16.6 Å². The normalized spacial score (nSPS) is 15.5. The molecule has 0 fully saturated rings. The zero-order chi connectivity index (χ0) is 10.4. The van der Waals surface area contributed by atoms with Gasteiger partial charge in [-0.3, -0.25) is 0 Å². The molecule has 78 valence electrons. The van der Waals surface area contributed by atoms with Crippen LogP contribution in [0.5, 0.6) is 0 Å². The number of aryl methyl sites for hydroxylation is 2. The van der Waals surface area contributed by atoms with Crippen molar-refractivity contribution in [1.29, 1.82) is 0 Å². The Hall–Kier alpha value is -1.44. The smallest absolute Gasteiger partial charge is 0.0484 e. The topological polar surface area (TPSA) is 30.9 Å². The van der Waals surface area contributed by atoms with Crippen LogP contribution in [0.2, 0.25) is 0 Å². The molecule has 2 nitrogen and oxygen atoms in total. The van der Waals surface area contributed by atoms with Crippen molar-refractivity contribution in [3.8, 4) is 0 Å². The Labute approximate surface area is 89.7 Å². The lowest BCUT2D eigenvalue weighted by Crippen LogP contribution is -2.04. The van der Waals surface area contributed by atoms with E-state index >= 15 is 0 Å². The van der Waals surface area contributed by atoms with Crippen LogP contribution in [0, 0.1) is 0 Å². The van der Waals surface area contributed by atoms with Gasteiger partial charge in [0.25, 0.3) is 0 Å². The Morgan fingerprint density at radius 2 is 2.00 bits per heavy atom. The molecule has 0 saturated heterocycles. The van der Waals surface area contributed by atoms with Crippen LogP contribution in [0.25, 0.3) is 10.9 Å². The molecule has 1 aromatic heterocycles. The molecule has 0 atom stereocenters. The SMILES string of the molecule is Cn1c2c(c3cc(N)ccc31)CCCC2. The number of benzene rings is 1. The highest BCUT2D eigenvalue weighted by Gasteiger charge is 2.17. The molecule has 3 rings (SSSR count). The first-order valence-corrected chi connectivity index (χ1v) is 5.63. The second-order valence-electron chi connectivity index (χ2n) is 4.47. The molecule has 0 bridgehead atoms. The van der Waals surface area contributed by atoms with E-state index in [1.807, 2.05) is 6.07 Å². The van der Waals surface area contributed by atoms with Crippen LogP contribution in [0.4, 0.5) is 5.69 Å². The van der Waals surface area contributed by atoms with Crippen molar-refractivity contribution in [3.05, 3.63) is 29.5 Å². The minimum Gasteiger partial charge on any atom is -0.399 e. The quantitative estimate of drug-likeness (QED) is 0.651. The van der Waals surface area contributed by atoms with Crippen molar-refractivity contribution in [2.45, 2.75) is 25.7 Å². The van der Waals surface area contributed by atoms with E-state index in [2.05, 4.69) is 23.7 Å². The largest absolute Gasteiger partial charge is 0.399 e. The molecule has 2 aromatic rings. The van der Waals surface area contributed by atoms with E-state index < -0.39 is 0 Å². The van der Waals surface area contributed by atoms with Crippen LogP contribution in [-0.2, 0) is 19.9 Å². The number of nitrogens with two attached hydrogens (primary N) is 1. The second-order valence-corrected chi connectivity index (χ2v) is 4.47. The lowest BCUT2D eigenvalue weighted by Gasteiger charge is -2.12. The monoisotopic (exact) mass is 200 g/mol. The molecule has 0 spiro atoms. The van der Waals surface area contributed by atoms with Gasteiger partial charge >= 0.3 is 0 Å². The van der Waals surface area contributed by atoms with Crippen molar-refractivity contribution in [2.75, 3.05) is 5.73 Å². The Morgan fingerprint density at radius 1 is 1.20 bits per heavy atom. The molecule has 0 amide bonds. The number of fused-ring (bicyclic) bond motifs is 3. The molecule has 0 radical (unpaired) electrons. The van der Waals surface area contributed by atoms with E-state index in [1.54, 1.807) is 0 Å². The van der Waals surface area contributed by atoms with Gasteiger partial charge in [-0.15, -0.1) is 0 Å². The van der Waals surface area contributed by atoms with Gasteiger partial charge in [0.05, 0.1) is 0 Å². The summed E-state index contributed by atoms with van der Waals surface area (Å²) in [7, 11) is 2.17. The lowest BCUT2D eigenvalue weighted by atomic mass is 9.95. The van der Waals surface area contributed by atoms with Crippen LogP contribution in [0.15, 0.2) is 18.2 Å². The summed E-state index contributed by atoms with van der Waals surface area (Å²) in [6.07, 6.45) is 5.09. The third-order valence-corrected chi connectivity index (χ3v) is 3.55. The average molecular weight is 200 g/mol. The molecule has 1 aliphatic carbocycles. The summed E-state index contributed by atoms with van der Waals surface area (Å²) in [6, 6.07) is 6.26. The van der Waals surface area contributed by atoms with E-state index in [-0.39, 0.29) is 0 Å². The molecular formula is C13H16N2. The van der Waals surface area contributed by atoms with Gasteiger partial charge in [-0.25, -0.2) is 0 Å². The average Bonchev–Trinajstić information content (AvgIpc) is 2.54. The highest BCUT2D eigenvalue weighted by Crippen LogP contribution is 2.32. The molecule has 15 heavy (non-hydrogen) atoms. The number of aromatic nitrogens is 1. The maximum atomic E-state index is 5.86. The first-order chi connectivity index (χ1) is 7.27. The van der Waals surface area contributed by atoms with Crippen molar-refractivity contribution in [1.82, 2.24) is 4.57 Å². The van der Waals surface area contributed by atoms with Gasteiger partial charge in [0.1, 0.15) is 0 Å². The fourth-order valence-corrected chi connectivity index (χ4v) is 2.78. The van der Waals surface area contributed by atoms with Crippen molar-refractivity contribution in [3.63, 3.8) is 0 Å². The van der Waals surface area contributed by atoms with Crippen LogP contribution in [-0.4, -0.2) is 4.57 Å². The van der Waals surface area contributed by atoms with E-state index in [9.17, 15) is 0 Å². The third kappa shape index (κ3) is 1.17. The summed E-state index contributed by atoms with van der Waals surface area (Å²) >= 11 is 0. The maximum absolute atomic E-state index is 5.86. The van der Waals surface area contributed by atoms with Crippen molar-refractivity contribution in [2.24, 2.45) is 7.05 Å². The Bertz CT molecular complexity index is 523. The number of anilines is 1. The molecular weight excluding hydrogens is 184 g/mol. The van der Waals surface area contributed by atoms with Gasteiger partial charge in [0.2, 0.25) is 0 Å². The fraction of sp³-hybridized carbons (Fsp3) is 0.385. The zero-order valence-corrected chi connectivity index (χ0v) is 9.09. The summed E-state index contributed by atoms with van der Waals surface area (Å²) < 4.78 is 2.34. The fourth-order valence-electron chi connectivity index (χ4n) is 2.78. The third-order valence-electron chi connectivity index (χ3n) is 3.55.